The van der Waals surface area contributed by atoms with E-state index >= 15 is 0 Å². The average Bonchev–Trinajstić information content (AvgIpc) is 3.51. The lowest BCUT2D eigenvalue weighted by molar-refractivity contribution is -0.168. The molecule has 0 radical (unpaired) electrons. The Morgan fingerprint density at radius 1 is 0.630 bits per heavy atom. The molecular weight excluding hydrogens is 667 g/mol. The lowest BCUT2D eigenvalue weighted by Gasteiger charge is -2.26. The zero-order chi connectivity index (χ0) is 38.8. The van der Waals surface area contributed by atoms with Gasteiger partial charge in [0.1, 0.15) is 6.61 Å². The first kappa shape index (κ1) is 47.5. The van der Waals surface area contributed by atoms with Crippen LogP contribution in [0.25, 0.3) is 0 Å². The van der Waals surface area contributed by atoms with Gasteiger partial charge in [0.05, 0.1) is 12.2 Å². The molecule has 2 atom stereocenters. The van der Waals surface area contributed by atoms with Crippen molar-refractivity contribution in [3.8, 4) is 0 Å². The Morgan fingerprint density at radius 3 is 1.52 bits per heavy atom. The van der Waals surface area contributed by atoms with E-state index in [1.807, 2.05) is 30.3 Å². The molecule has 1 heterocycles. The third-order valence-corrected chi connectivity index (χ3v) is 10.5. The Bertz CT molecular complexity index is 1090. The van der Waals surface area contributed by atoms with Gasteiger partial charge in [0.15, 0.2) is 5.79 Å². The number of benzene rings is 1. The van der Waals surface area contributed by atoms with Crippen LogP contribution < -0.4 is 0 Å². The van der Waals surface area contributed by atoms with Gasteiger partial charge < -0.3 is 19.1 Å². The van der Waals surface area contributed by atoms with Gasteiger partial charge in [-0.1, -0.05) is 170 Å². The van der Waals surface area contributed by atoms with Crippen LogP contribution in [0.1, 0.15) is 187 Å². The maximum atomic E-state index is 12.7. The molecule has 2 rings (SSSR count). The average molecular weight is 748 g/mol. The van der Waals surface area contributed by atoms with Crippen LogP contribution in [-0.2, 0) is 20.8 Å². The van der Waals surface area contributed by atoms with Crippen molar-refractivity contribution in [3.05, 3.63) is 84.5 Å². The van der Waals surface area contributed by atoms with Gasteiger partial charge in [-0.3, -0.25) is 0 Å². The van der Waals surface area contributed by atoms with Gasteiger partial charge in [-0.25, -0.2) is 4.79 Å². The van der Waals surface area contributed by atoms with Crippen molar-refractivity contribution >= 4 is 6.09 Å². The van der Waals surface area contributed by atoms with Crippen LogP contribution in [0.2, 0.25) is 0 Å². The second kappa shape index (κ2) is 32.6. The molecule has 1 aromatic rings. The highest BCUT2D eigenvalue weighted by Gasteiger charge is 2.43. The maximum Gasteiger partial charge on any atom is 0.409 e. The van der Waals surface area contributed by atoms with E-state index in [9.17, 15) is 4.79 Å². The minimum atomic E-state index is -0.683. The van der Waals surface area contributed by atoms with Crippen molar-refractivity contribution in [2.24, 2.45) is 0 Å². The van der Waals surface area contributed by atoms with E-state index in [-0.39, 0.29) is 24.9 Å². The summed E-state index contributed by atoms with van der Waals surface area (Å²) in [5.41, 5.74) is 0.987. The van der Waals surface area contributed by atoms with Gasteiger partial charge in [0.2, 0.25) is 0 Å². The predicted octanol–water partition coefficient (Wildman–Crippen LogP) is 14.8. The van der Waals surface area contributed by atoms with Crippen LogP contribution in [0.15, 0.2) is 78.9 Å². The standard InChI is InChI=1S/C49H81NO4/c1-5-7-9-11-13-15-17-19-21-23-25-27-29-31-36-40-46-47(41-37-32-30-28-26-24-22-20-18-16-14-12-10-8-6-2)54-49(3,53-46)42-43-50(4)48(51)52-44-45-38-34-33-35-39-45/h13-16,19-22,33-35,38-39,46-47H,5-12,17-18,23-32,36-37,40-44H2,1-4H3/b15-13-,16-14-,21-19-,22-20-. The summed E-state index contributed by atoms with van der Waals surface area (Å²) in [5.74, 6) is -0.683. The maximum absolute atomic E-state index is 12.7. The van der Waals surface area contributed by atoms with Gasteiger partial charge in [-0.15, -0.1) is 0 Å². The second-order valence-electron chi connectivity index (χ2n) is 15.7. The Labute approximate surface area is 333 Å². The zero-order valence-corrected chi connectivity index (χ0v) is 35.3. The van der Waals surface area contributed by atoms with Gasteiger partial charge >= 0.3 is 6.09 Å². The number of allylic oxidation sites excluding steroid dienone is 8. The Morgan fingerprint density at radius 2 is 1.06 bits per heavy atom. The quantitative estimate of drug-likeness (QED) is 0.0531. The van der Waals surface area contributed by atoms with E-state index in [2.05, 4.69) is 69.4 Å². The Balaban J connectivity index is 1.70. The number of amides is 1. The summed E-state index contributed by atoms with van der Waals surface area (Å²) in [5, 5.41) is 0. The molecule has 5 heteroatoms. The van der Waals surface area contributed by atoms with E-state index in [0.29, 0.717) is 13.0 Å². The SMILES string of the molecule is CCCCC/C=C\C/C=C\CCCCCCCC1OC(C)(CCN(C)C(=O)OCc2ccccc2)OC1CCCCCCC/C=C\C/C=C\CCCCC. The zero-order valence-electron chi connectivity index (χ0n) is 35.3. The molecule has 2 unspecified atom stereocenters. The van der Waals surface area contributed by atoms with Gasteiger partial charge in [0.25, 0.3) is 0 Å². The van der Waals surface area contributed by atoms with Crippen LogP contribution in [0.4, 0.5) is 4.79 Å². The lowest BCUT2D eigenvalue weighted by Crippen LogP contribution is -2.35. The first-order valence-electron chi connectivity index (χ1n) is 22.3. The third-order valence-electron chi connectivity index (χ3n) is 10.5. The minimum Gasteiger partial charge on any atom is -0.445 e. The fraction of sp³-hybridized carbons (Fsp3) is 0.694. The smallest absolute Gasteiger partial charge is 0.409 e. The Hall–Kier alpha value is -2.63. The number of hydrogen-bond acceptors (Lipinski definition) is 4. The van der Waals surface area contributed by atoms with E-state index in [4.69, 9.17) is 14.2 Å². The van der Waals surface area contributed by atoms with Crippen molar-refractivity contribution in [1.29, 1.82) is 0 Å². The van der Waals surface area contributed by atoms with Crippen LogP contribution >= 0.6 is 0 Å². The Kier molecular flexibility index (Phi) is 28.7. The number of carbonyl (C=O) groups is 1. The molecule has 0 spiro atoms. The van der Waals surface area contributed by atoms with Gasteiger partial charge in [0, 0.05) is 20.0 Å². The van der Waals surface area contributed by atoms with Crippen molar-refractivity contribution in [2.75, 3.05) is 13.6 Å². The number of unbranched alkanes of at least 4 members (excludes halogenated alkanes) is 16. The van der Waals surface area contributed by atoms with E-state index in [1.165, 1.54) is 128 Å². The van der Waals surface area contributed by atoms with Crippen LogP contribution in [0.3, 0.4) is 0 Å². The second-order valence-corrected chi connectivity index (χ2v) is 15.7. The van der Waals surface area contributed by atoms with Gasteiger partial charge in [-0.2, -0.15) is 0 Å². The summed E-state index contributed by atoms with van der Waals surface area (Å²) < 4.78 is 18.9. The van der Waals surface area contributed by atoms with Crippen LogP contribution in [0.5, 0.6) is 0 Å². The number of ether oxygens (including phenoxy) is 3. The molecule has 5 nitrogen and oxygen atoms in total. The molecule has 0 bridgehead atoms. The lowest BCUT2D eigenvalue weighted by atomic mass is 9.99. The fourth-order valence-electron chi connectivity index (χ4n) is 7.03. The van der Waals surface area contributed by atoms with Crippen LogP contribution in [-0.4, -0.2) is 42.6 Å². The first-order valence-corrected chi connectivity index (χ1v) is 22.3. The highest BCUT2D eigenvalue weighted by atomic mass is 16.8. The summed E-state index contributed by atoms with van der Waals surface area (Å²) in [6.45, 7) is 7.38. The molecule has 54 heavy (non-hydrogen) atoms. The van der Waals surface area contributed by atoms with Gasteiger partial charge in [-0.05, 0) is 89.5 Å². The fourth-order valence-corrected chi connectivity index (χ4v) is 7.03. The number of carbonyl (C=O) groups excluding carboxylic acids is 1. The molecule has 306 valence electrons. The molecule has 1 aromatic carbocycles. The van der Waals surface area contributed by atoms with Crippen molar-refractivity contribution in [2.45, 2.75) is 206 Å². The third kappa shape index (κ3) is 24.7. The number of hydrogen-bond donors (Lipinski definition) is 0. The highest BCUT2D eigenvalue weighted by molar-refractivity contribution is 5.67. The van der Waals surface area contributed by atoms with E-state index in [0.717, 1.165) is 31.2 Å². The monoisotopic (exact) mass is 748 g/mol. The normalized spacial score (nSPS) is 19.0. The molecule has 1 fully saturated rings. The van der Waals surface area contributed by atoms with Crippen molar-refractivity contribution < 1.29 is 19.0 Å². The molecule has 0 aromatic heterocycles. The van der Waals surface area contributed by atoms with Crippen LogP contribution in [0, 0.1) is 0 Å². The molecule has 0 N–H and O–H groups in total. The van der Waals surface area contributed by atoms with E-state index < -0.39 is 5.79 Å². The highest BCUT2D eigenvalue weighted by Crippen LogP contribution is 2.36. The summed E-state index contributed by atoms with van der Waals surface area (Å²) in [4.78, 5) is 14.3. The van der Waals surface area contributed by atoms with E-state index in [1.54, 1.807) is 11.9 Å². The molecule has 1 saturated heterocycles. The number of nitrogens with zero attached hydrogens (tertiary/aromatic N) is 1. The summed E-state index contributed by atoms with van der Waals surface area (Å²) in [7, 11) is 1.80. The van der Waals surface area contributed by atoms with Crippen molar-refractivity contribution in [1.82, 2.24) is 4.90 Å². The minimum absolute atomic E-state index is 0.120. The van der Waals surface area contributed by atoms with Crippen molar-refractivity contribution in [3.63, 3.8) is 0 Å². The first-order chi connectivity index (χ1) is 26.5. The molecule has 1 aliphatic heterocycles. The number of rotatable bonds is 33. The largest absolute Gasteiger partial charge is 0.445 e. The molecular formula is C49H81NO4. The summed E-state index contributed by atoms with van der Waals surface area (Å²) in [6.07, 6.45) is 48.7. The summed E-state index contributed by atoms with van der Waals surface area (Å²) >= 11 is 0. The topological polar surface area (TPSA) is 48.0 Å². The summed E-state index contributed by atoms with van der Waals surface area (Å²) in [6, 6.07) is 9.82. The predicted molar refractivity (Wildman–Crippen MR) is 231 cm³/mol. The molecule has 0 aliphatic carbocycles. The molecule has 0 saturated carbocycles. The molecule has 1 aliphatic rings. The molecule has 1 amide bonds.